The molecule has 0 saturated carbocycles. The number of amides is 1. The molecule has 0 aliphatic carbocycles. The Hall–Kier alpha value is -2.71. The van der Waals surface area contributed by atoms with Crippen LogP contribution in [-0.4, -0.2) is 20.9 Å². The zero-order chi connectivity index (χ0) is 21.9. The van der Waals surface area contributed by atoms with E-state index in [2.05, 4.69) is 5.32 Å². The Bertz CT molecular complexity index is 1130. The average Bonchev–Trinajstić information content (AvgIpc) is 3.24. The molecule has 0 fully saturated rings. The second-order valence-corrected chi connectivity index (χ2v) is 10.1. The quantitative estimate of drug-likeness (QED) is 0.578. The lowest BCUT2D eigenvalue weighted by molar-refractivity contribution is -0.120. The molecule has 1 atom stereocenters. The van der Waals surface area contributed by atoms with Gasteiger partial charge in [0.1, 0.15) is 16.6 Å². The van der Waals surface area contributed by atoms with Crippen LogP contribution in [0.2, 0.25) is 0 Å². The fourth-order valence-corrected chi connectivity index (χ4v) is 5.50. The number of nitrogens with one attached hydrogen (secondary N) is 1. The highest BCUT2D eigenvalue weighted by atomic mass is 32.2. The highest BCUT2D eigenvalue weighted by Gasteiger charge is 2.28. The Morgan fingerprint density at radius 3 is 2.40 bits per heavy atom. The van der Waals surface area contributed by atoms with Gasteiger partial charge in [-0.05, 0) is 73.2 Å². The molecule has 3 aromatic rings. The van der Waals surface area contributed by atoms with Crippen LogP contribution in [0.1, 0.15) is 29.7 Å². The van der Waals surface area contributed by atoms with Crippen molar-refractivity contribution in [2.24, 2.45) is 0 Å². The Balaban J connectivity index is 1.84. The summed E-state index contributed by atoms with van der Waals surface area (Å²) in [5.74, 6) is -0.940. The number of benzene rings is 2. The van der Waals surface area contributed by atoms with Gasteiger partial charge in [-0.1, -0.05) is 24.3 Å². The SMILES string of the molecule is Cc1ccc(C(C)NC(=O)CN(c2ccc(F)cc2)S(=O)(=O)c2cccs2)cc1C. The smallest absolute Gasteiger partial charge is 0.274 e. The van der Waals surface area contributed by atoms with Crippen LogP contribution in [0.3, 0.4) is 0 Å². The van der Waals surface area contributed by atoms with Gasteiger partial charge in [-0.3, -0.25) is 9.10 Å². The minimum absolute atomic E-state index is 0.113. The third-order valence-corrected chi connectivity index (χ3v) is 8.00. The fourth-order valence-electron chi connectivity index (χ4n) is 2.98. The van der Waals surface area contributed by atoms with E-state index >= 15 is 0 Å². The molecule has 1 amide bonds. The molecule has 0 bridgehead atoms. The number of anilines is 1. The number of thiophene rings is 1. The maximum Gasteiger partial charge on any atom is 0.274 e. The molecule has 8 heteroatoms. The molecule has 0 saturated heterocycles. The van der Waals surface area contributed by atoms with Gasteiger partial charge >= 0.3 is 0 Å². The van der Waals surface area contributed by atoms with Crippen LogP contribution in [-0.2, 0) is 14.8 Å². The van der Waals surface area contributed by atoms with Gasteiger partial charge < -0.3 is 5.32 Å². The Labute approximate surface area is 180 Å². The van der Waals surface area contributed by atoms with Crippen molar-refractivity contribution >= 4 is 33.0 Å². The average molecular weight is 447 g/mol. The number of sulfonamides is 1. The monoisotopic (exact) mass is 446 g/mol. The normalized spacial score (nSPS) is 12.4. The largest absolute Gasteiger partial charge is 0.348 e. The first-order chi connectivity index (χ1) is 14.2. The summed E-state index contributed by atoms with van der Waals surface area (Å²) in [6.45, 7) is 5.44. The summed E-state index contributed by atoms with van der Waals surface area (Å²) in [7, 11) is -3.96. The summed E-state index contributed by atoms with van der Waals surface area (Å²) in [6, 6.07) is 13.8. The number of carbonyl (C=O) groups is 1. The van der Waals surface area contributed by atoms with E-state index in [-0.39, 0.29) is 15.9 Å². The molecule has 2 aromatic carbocycles. The molecule has 1 unspecified atom stereocenters. The van der Waals surface area contributed by atoms with Gasteiger partial charge in [0.15, 0.2) is 0 Å². The van der Waals surface area contributed by atoms with Crippen LogP contribution in [0, 0.1) is 19.7 Å². The van der Waals surface area contributed by atoms with Gasteiger partial charge in [-0.2, -0.15) is 0 Å². The van der Waals surface area contributed by atoms with E-state index in [0.29, 0.717) is 0 Å². The lowest BCUT2D eigenvalue weighted by Gasteiger charge is -2.24. The molecule has 5 nitrogen and oxygen atoms in total. The number of carbonyl (C=O) groups excluding carboxylic acids is 1. The van der Waals surface area contributed by atoms with E-state index in [9.17, 15) is 17.6 Å². The van der Waals surface area contributed by atoms with Gasteiger partial charge in [0, 0.05) is 0 Å². The Morgan fingerprint density at radius 2 is 1.80 bits per heavy atom. The van der Waals surface area contributed by atoms with Crippen LogP contribution in [0.15, 0.2) is 64.2 Å². The highest BCUT2D eigenvalue weighted by molar-refractivity contribution is 7.94. The van der Waals surface area contributed by atoms with Gasteiger partial charge in [-0.15, -0.1) is 11.3 Å². The van der Waals surface area contributed by atoms with Gasteiger partial charge in [0.25, 0.3) is 10.0 Å². The molecule has 0 aliphatic heterocycles. The maximum atomic E-state index is 13.4. The predicted molar refractivity (Wildman–Crippen MR) is 118 cm³/mol. The van der Waals surface area contributed by atoms with E-state index < -0.39 is 28.3 Å². The first kappa shape index (κ1) is 22.0. The van der Waals surface area contributed by atoms with E-state index in [0.717, 1.165) is 32.3 Å². The third kappa shape index (κ3) is 4.88. The van der Waals surface area contributed by atoms with Gasteiger partial charge in [0.2, 0.25) is 5.91 Å². The fraction of sp³-hybridized carbons (Fsp3) is 0.227. The Kier molecular flexibility index (Phi) is 6.58. The second kappa shape index (κ2) is 8.97. The van der Waals surface area contributed by atoms with Crippen molar-refractivity contribution in [2.75, 3.05) is 10.8 Å². The van der Waals surface area contributed by atoms with Gasteiger partial charge in [-0.25, -0.2) is 12.8 Å². The number of halogens is 1. The predicted octanol–water partition coefficient (Wildman–Crippen LogP) is 4.58. The van der Waals surface area contributed by atoms with Crippen molar-refractivity contribution in [1.29, 1.82) is 0 Å². The minimum atomic E-state index is -3.96. The van der Waals surface area contributed by atoms with Crippen LogP contribution in [0.5, 0.6) is 0 Å². The summed E-state index contributed by atoms with van der Waals surface area (Å²) in [6.07, 6.45) is 0. The first-order valence-corrected chi connectivity index (χ1v) is 11.7. The van der Waals surface area contributed by atoms with Crippen LogP contribution in [0.25, 0.3) is 0 Å². The molecular weight excluding hydrogens is 423 g/mol. The lowest BCUT2D eigenvalue weighted by Crippen LogP contribution is -2.41. The van der Waals surface area contributed by atoms with E-state index in [1.54, 1.807) is 11.4 Å². The highest BCUT2D eigenvalue weighted by Crippen LogP contribution is 2.27. The molecule has 1 N–H and O–H groups in total. The lowest BCUT2D eigenvalue weighted by atomic mass is 10.0. The summed E-state index contributed by atoms with van der Waals surface area (Å²) in [5.41, 5.74) is 3.42. The molecule has 1 aromatic heterocycles. The molecule has 0 spiro atoms. The number of hydrogen-bond donors (Lipinski definition) is 1. The van der Waals surface area contributed by atoms with Crippen molar-refractivity contribution in [3.63, 3.8) is 0 Å². The molecule has 30 heavy (non-hydrogen) atoms. The van der Waals surface area contributed by atoms with E-state index in [1.165, 1.54) is 30.3 Å². The zero-order valence-corrected chi connectivity index (χ0v) is 18.6. The summed E-state index contributed by atoms with van der Waals surface area (Å²) >= 11 is 1.06. The topological polar surface area (TPSA) is 66.5 Å². The van der Waals surface area contributed by atoms with Crippen molar-refractivity contribution in [3.05, 3.63) is 82.5 Å². The van der Waals surface area contributed by atoms with E-state index in [1.807, 2.05) is 39.0 Å². The van der Waals surface area contributed by atoms with Crippen LogP contribution >= 0.6 is 11.3 Å². The van der Waals surface area contributed by atoms with Crippen molar-refractivity contribution in [3.8, 4) is 0 Å². The number of aryl methyl sites for hydroxylation is 2. The summed E-state index contributed by atoms with van der Waals surface area (Å²) < 4.78 is 40.7. The summed E-state index contributed by atoms with van der Waals surface area (Å²) in [4.78, 5) is 12.8. The molecule has 0 aliphatic rings. The third-order valence-electron chi connectivity index (χ3n) is 4.85. The first-order valence-electron chi connectivity index (χ1n) is 9.37. The van der Waals surface area contributed by atoms with E-state index in [4.69, 9.17) is 0 Å². The molecule has 3 rings (SSSR count). The van der Waals surface area contributed by atoms with Crippen molar-refractivity contribution in [1.82, 2.24) is 5.32 Å². The zero-order valence-electron chi connectivity index (χ0n) is 16.9. The molecule has 1 heterocycles. The van der Waals surface area contributed by atoms with Crippen LogP contribution < -0.4 is 9.62 Å². The van der Waals surface area contributed by atoms with Crippen molar-refractivity contribution in [2.45, 2.75) is 31.0 Å². The number of hydrogen-bond acceptors (Lipinski definition) is 4. The Morgan fingerprint density at radius 1 is 1.10 bits per heavy atom. The number of rotatable bonds is 7. The standard InChI is InChI=1S/C22H23FN2O3S2/c1-15-6-7-18(13-16(15)2)17(3)24-21(26)14-25(20-10-8-19(23)9-11-20)30(27,28)22-5-4-12-29-22/h4-13,17H,14H2,1-3H3,(H,24,26). The molecular formula is C22H23FN2O3S2. The summed E-state index contributed by atoms with van der Waals surface area (Å²) in [5, 5.41) is 4.51. The minimum Gasteiger partial charge on any atom is -0.348 e. The second-order valence-electron chi connectivity index (χ2n) is 7.05. The molecule has 158 valence electrons. The van der Waals surface area contributed by atoms with Crippen molar-refractivity contribution < 1.29 is 17.6 Å². The van der Waals surface area contributed by atoms with Crippen LogP contribution in [0.4, 0.5) is 10.1 Å². The molecule has 0 radical (unpaired) electrons. The maximum absolute atomic E-state index is 13.4. The van der Waals surface area contributed by atoms with Gasteiger partial charge in [0.05, 0.1) is 11.7 Å². The number of nitrogens with zero attached hydrogens (tertiary/aromatic N) is 1.